The number of hydrogen-bond donors (Lipinski definition) is 14. The number of ether oxygens (including phenoxy) is 2. The van der Waals surface area contributed by atoms with Crippen LogP contribution in [0.2, 0.25) is 0 Å². The Bertz CT molecular complexity index is 6350. The van der Waals surface area contributed by atoms with Gasteiger partial charge in [-0.3, -0.25) is 92.0 Å². The minimum atomic E-state index is -1.83. The van der Waals surface area contributed by atoms with Gasteiger partial charge in [-0.1, -0.05) is 68.8 Å². The number of nitrogen functional groups attached to an aromatic ring is 1. The number of nitrogens with one attached hydrogen (secondary N) is 10. The summed E-state index contributed by atoms with van der Waals surface area (Å²) in [5.74, 6) is -12.7. The number of anilines is 2. The highest BCUT2D eigenvalue weighted by atomic mass is 35.5. The second kappa shape index (κ2) is 44.8. The Morgan fingerprint density at radius 2 is 1.37 bits per heavy atom. The minimum Gasteiger partial charge on any atom is -0.484 e. The van der Waals surface area contributed by atoms with Crippen LogP contribution in [0.4, 0.5) is 11.6 Å². The molecule has 2 aliphatic heterocycles. The molecule has 3 unspecified atom stereocenters. The number of rotatable bonds is 46. The fourth-order valence-electron chi connectivity index (χ4n) is 15.7. The maximum Gasteiger partial charge on any atom is 0.308 e. The Hall–Kier alpha value is -14.9. The number of carboxylic acid groups (broad SMARTS) is 2. The van der Waals surface area contributed by atoms with Gasteiger partial charge in [0.05, 0.1) is 64.5 Å². The van der Waals surface area contributed by atoms with Crippen LogP contribution in [0.15, 0.2) is 143 Å². The van der Waals surface area contributed by atoms with E-state index in [9.17, 15) is 86.9 Å². The van der Waals surface area contributed by atoms with Gasteiger partial charge in [0.1, 0.15) is 29.3 Å². The summed E-state index contributed by atoms with van der Waals surface area (Å²) in [4.78, 5) is 236. The lowest BCUT2D eigenvalue weighted by Crippen LogP contribution is -2.55. The van der Waals surface area contributed by atoms with E-state index in [2.05, 4.69) is 67.0 Å². The van der Waals surface area contributed by atoms with E-state index in [1.54, 1.807) is 105 Å². The number of aryl methyl sites for hydroxylation is 2. The molecule has 1 fully saturated rings. The molecule has 0 radical (unpaired) electrons. The fraction of sp³-hybridized carbons (Fsp3) is 0.351. The van der Waals surface area contributed by atoms with Crippen LogP contribution in [0, 0.1) is 17.2 Å². The molecule has 700 valence electrons. The molecule has 38 nitrogen and oxygen atoms in total. The number of halogens is 1. The number of likely N-dealkylation sites (tertiary alicyclic amines) is 1. The number of thioether (sulfide) groups is 1. The number of carbonyl (C=O) groups excluding carboxylic acids is 13. The summed E-state index contributed by atoms with van der Waals surface area (Å²) >= 11 is 7.26. The second-order valence-electron chi connectivity index (χ2n) is 33.2. The number of H-pyrrole nitrogens is 3. The van der Waals surface area contributed by atoms with Crippen LogP contribution in [0.5, 0.6) is 11.5 Å². The quantitative estimate of drug-likeness (QED) is 0.00205. The molecule has 6 aromatic carbocycles. The van der Waals surface area contributed by atoms with Crippen LogP contribution in [0.25, 0.3) is 43.7 Å². The number of Topliss-reactive ketones (excluding diaryl/α,β-unsaturated/α-hetero) is 3. The molecule has 1 saturated heterocycles. The average molecular weight is 1870 g/mol. The summed E-state index contributed by atoms with van der Waals surface area (Å²) in [6, 6.07) is 31.3. The van der Waals surface area contributed by atoms with Crippen molar-refractivity contribution in [3.8, 4) is 11.5 Å². The lowest BCUT2D eigenvalue weighted by molar-refractivity contribution is -0.144. The van der Waals surface area contributed by atoms with Gasteiger partial charge in [0, 0.05) is 128 Å². The number of amides is 9. The molecule has 9 amide bonds. The number of amidine groups is 1. The molecule has 0 aliphatic carbocycles. The number of aromatic nitrogens is 6. The first-order chi connectivity index (χ1) is 64.0. The number of unbranched alkanes of at least 4 members (excludes halogenated alkanes) is 1. The van der Waals surface area contributed by atoms with Crippen LogP contribution in [-0.4, -0.2) is 212 Å². The molecular formula is C94H101ClN18O20S. The number of ketones is 3. The number of esters is 1. The van der Waals surface area contributed by atoms with Crippen molar-refractivity contribution in [2.24, 2.45) is 22.7 Å². The van der Waals surface area contributed by atoms with Gasteiger partial charge in [0.15, 0.2) is 35.1 Å². The predicted octanol–water partition coefficient (Wildman–Crippen LogP) is 7.27. The molecule has 0 spiro atoms. The van der Waals surface area contributed by atoms with E-state index in [1.165, 1.54) is 20.0 Å². The number of hydrogen-bond acceptors (Lipinski definition) is 25. The van der Waals surface area contributed by atoms with Gasteiger partial charge in [-0.05, 0) is 158 Å². The lowest BCUT2D eigenvalue weighted by Gasteiger charge is -2.24. The topological polar surface area (TPSA) is 585 Å². The van der Waals surface area contributed by atoms with E-state index in [0.29, 0.717) is 98.0 Å². The number of fused-ring (bicyclic) bond motifs is 6. The fourth-order valence-corrected chi connectivity index (χ4v) is 17.2. The van der Waals surface area contributed by atoms with Gasteiger partial charge >= 0.3 is 17.9 Å². The van der Waals surface area contributed by atoms with Gasteiger partial charge in [0.25, 0.3) is 23.3 Å². The maximum absolute atomic E-state index is 14.3. The molecule has 6 heterocycles. The molecular weight excluding hydrogens is 1770 g/mol. The molecule has 4 aromatic heterocycles. The standard InChI is InChI=1S/C94H101ClN18O20S/c1-48(2)84(74(117)36-54-20-28-65-57(34-54)37-68(103-65)72(115)35-53-19-29-66-58(33-53)38-70(104-66)91(128)113-45-60(43-95)83-64-12-7-6-11-63(64)75(41-71(83)113)133-51(5)114)107-80(120)46-132-62-26-23-55(24-27-62)49(3)110-111-79(119)30-32-112-81(121)42-76(92(112)129)134-47-59(93(130)131)39-73(116)69(40-82(122)123)106-89(126)67(13-8-9-14-77(96)97)105-87(124)50(4)101-78(118)15-10-31-99-88(125)56-21-16-52(17-22-56)18-25-61-44-100-86-85(102-61)90(127)109-94(98)108-86/h6-7,11-12,16-17,19-24,26-29,33-34,37-38,41,44,48,50,59-60,67,69,76,84,103-104H,8-10,13-15,18,25,30-32,35-36,39-40,42-43,45-47H2,1-5H3,(H3,96,97)(H,99,125)(H,101,118)(H,105,124)(H,106,126)(H,107,120)(H,111,119)(H,122,123)(H,130,131)(H3,98,100,108,109,127)/b110-49-/t50-,59?,60?,67+,69+,76?,84-/m0/s1. The Morgan fingerprint density at radius 1 is 0.694 bits per heavy atom. The van der Waals surface area contributed by atoms with Crippen molar-refractivity contribution >= 4 is 179 Å². The third-order valence-corrected chi connectivity index (χ3v) is 24.5. The summed E-state index contributed by atoms with van der Waals surface area (Å²) < 4.78 is 11.4. The van der Waals surface area contributed by atoms with Crippen molar-refractivity contribution in [1.29, 1.82) is 5.41 Å². The first-order valence-electron chi connectivity index (χ1n) is 43.3. The van der Waals surface area contributed by atoms with Gasteiger partial charge in [-0.2, -0.15) is 10.1 Å². The van der Waals surface area contributed by atoms with Gasteiger partial charge in [-0.15, -0.1) is 23.4 Å². The average Bonchev–Trinajstić information content (AvgIpc) is 1.58. The van der Waals surface area contributed by atoms with Gasteiger partial charge < -0.3 is 72.6 Å². The number of alkyl halides is 1. The summed E-state index contributed by atoms with van der Waals surface area (Å²) in [6.07, 6.45) is 0.349. The molecule has 40 heteroatoms. The number of hydrazone groups is 1. The minimum absolute atomic E-state index is 0.0321. The highest BCUT2D eigenvalue weighted by molar-refractivity contribution is 8.00. The van der Waals surface area contributed by atoms with Crippen molar-refractivity contribution in [2.75, 3.05) is 48.5 Å². The smallest absolute Gasteiger partial charge is 0.308 e. The third kappa shape index (κ3) is 25.6. The van der Waals surface area contributed by atoms with E-state index < -0.39 is 137 Å². The lowest BCUT2D eigenvalue weighted by atomic mass is 9.95. The molecule has 16 N–H and O–H groups in total. The van der Waals surface area contributed by atoms with E-state index in [0.717, 1.165) is 43.9 Å². The normalized spacial score (nSPS) is 14.8. The Kier molecular flexibility index (Phi) is 32.8. The molecule has 2 aliphatic rings. The first kappa shape index (κ1) is 98.2. The summed E-state index contributed by atoms with van der Waals surface area (Å²) in [5, 5.41) is 46.7. The Balaban J connectivity index is 0.547. The van der Waals surface area contributed by atoms with Crippen molar-refractivity contribution in [3.63, 3.8) is 0 Å². The molecule has 134 heavy (non-hydrogen) atoms. The van der Waals surface area contributed by atoms with Crippen molar-refractivity contribution in [1.82, 2.24) is 66.8 Å². The Morgan fingerprint density at radius 3 is 2.04 bits per heavy atom. The number of nitrogens with two attached hydrogens (primary N) is 2. The second-order valence-corrected chi connectivity index (χ2v) is 34.7. The number of carboxylic acids is 2. The van der Waals surface area contributed by atoms with Crippen molar-refractivity contribution < 1.29 is 91.6 Å². The van der Waals surface area contributed by atoms with Crippen LogP contribution in [0.3, 0.4) is 0 Å². The van der Waals surface area contributed by atoms with Crippen molar-refractivity contribution in [3.05, 3.63) is 194 Å². The first-order valence-corrected chi connectivity index (χ1v) is 44.9. The highest BCUT2D eigenvalue weighted by Gasteiger charge is 2.42. The number of carbonyl (C=O) groups is 15. The number of aliphatic carboxylic acids is 2. The monoisotopic (exact) mass is 1870 g/mol. The maximum atomic E-state index is 14.3. The Labute approximate surface area is 775 Å². The summed E-state index contributed by atoms with van der Waals surface area (Å²) in [6.45, 7) is 7.44. The SMILES string of the molecule is CC(=O)Oc1cc2c(c3ccccc13)C(CCl)CN2C(=O)c1cc2cc(CC(=O)c3cc4cc(CC(=O)[C@@H](NC(=O)COc5ccc(/C(C)=N\NC(=O)CCN6C(=O)CC(SCC(CC(=O)[C@@H](CC(=O)O)NC(=O)[C@@H](CCCCC(=N)N)NC(=O)[C@H](C)NC(=O)CCCNC(=O)c7ccc(CCc8cnc9nc(N)[nH]c(=O)c9n8)cc7)C(=O)O)C6=O)cc5)C(C)C)ccc4[nH]3)ccc2[nH]1. The van der Waals surface area contributed by atoms with Gasteiger partial charge in [0.2, 0.25) is 41.4 Å². The predicted molar refractivity (Wildman–Crippen MR) is 498 cm³/mol. The zero-order chi connectivity index (χ0) is 96.3. The number of benzene rings is 6. The molecule has 0 bridgehead atoms. The molecule has 12 rings (SSSR count). The zero-order valence-corrected chi connectivity index (χ0v) is 75.4. The largest absolute Gasteiger partial charge is 0.484 e. The van der Waals surface area contributed by atoms with Crippen LogP contribution < -0.4 is 63.4 Å². The van der Waals surface area contributed by atoms with Crippen LogP contribution >= 0.6 is 23.4 Å². The number of nitrogens with zero attached hydrogens (tertiary/aromatic N) is 6. The third-order valence-electron chi connectivity index (χ3n) is 22.8. The number of aromatic amines is 3. The van der Waals surface area contributed by atoms with E-state index >= 15 is 0 Å². The van der Waals surface area contributed by atoms with Crippen molar-refractivity contribution in [2.45, 2.75) is 160 Å². The van der Waals surface area contributed by atoms with Crippen LogP contribution in [-0.2, 0) is 83.2 Å². The van der Waals surface area contributed by atoms with E-state index in [1.807, 2.05) is 48.5 Å². The number of imide groups is 1. The molecule has 7 atom stereocenters. The van der Waals surface area contributed by atoms with Crippen LogP contribution in [0.1, 0.15) is 170 Å². The molecule has 0 saturated carbocycles. The zero-order valence-electron chi connectivity index (χ0n) is 73.8. The molecule has 10 aromatic rings. The highest BCUT2D eigenvalue weighted by Crippen LogP contribution is 2.46. The summed E-state index contributed by atoms with van der Waals surface area (Å²) in [7, 11) is 0. The van der Waals surface area contributed by atoms with E-state index in [-0.39, 0.29) is 135 Å². The van der Waals surface area contributed by atoms with Gasteiger partial charge in [-0.25, -0.2) is 15.4 Å². The summed E-state index contributed by atoms with van der Waals surface area (Å²) in [5.41, 5.74) is 20.7. The van der Waals surface area contributed by atoms with E-state index in [4.69, 9.17) is 38.0 Å².